The molecule has 1 aromatic heterocycles. The first-order chi connectivity index (χ1) is 7.80. The van der Waals surface area contributed by atoms with Gasteiger partial charge in [-0.25, -0.2) is 13.1 Å². The quantitative estimate of drug-likeness (QED) is 0.837. The van der Waals surface area contributed by atoms with Crippen molar-refractivity contribution in [2.24, 2.45) is 0 Å². The lowest BCUT2D eigenvalue weighted by Crippen LogP contribution is -2.42. The Balaban J connectivity index is 2.88. The summed E-state index contributed by atoms with van der Waals surface area (Å²) in [5, 5.41) is 8.93. The Bertz CT molecular complexity index is 463. The van der Waals surface area contributed by atoms with Crippen LogP contribution >= 0.6 is 11.3 Å². The van der Waals surface area contributed by atoms with Gasteiger partial charge in [-0.2, -0.15) is 0 Å². The van der Waals surface area contributed by atoms with E-state index in [2.05, 4.69) is 4.72 Å². The van der Waals surface area contributed by atoms with Crippen LogP contribution in [0.25, 0.3) is 0 Å². The molecule has 98 valence electrons. The minimum absolute atomic E-state index is 0.126. The molecule has 0 spiro atoms. The van der Waals surface area contributed by atoms with Gasteiger partial charge >= 0.3 is 0 Å². The van der Waals surface area contributed by atoms with Crippen molar-refractivity contribution in [1.29, 1.82) is 0 Å². The number of hydrogen-bond donors (Lipinski definition) is 2. The van der Waals surface area contributed by atoms with Gasteiger partial charge in [-0.3, -0.25) is 0 Å². The second-order valence-electron chi connectivity index (χ2n) is 4.62. The highest BCUT2D eigenvalue weighted by molar-refractivity contribution is 7.91. The maximum Gasteiger partial charge on any atom is 0.250 e. The Kier molecular flexibility index (Phi) is 4.71. The zero-order valence-corrected chi connectivity index (χ0v) is 12.0. The molecule has 0 saturated carbocycles. The van der Waals surface area contributed by atoms with Crippen LogP contribution < -0.4 is 4.72 Å². The third kappa shape index (κ3) is 4.06. The fraction of sp³-hybridized carbons (Fsp3) is 0.636. The smallest absolute Gasteiger partial charge is 0.250 e. The Morgan fingerprint density at radius 1 is 1.41 bits per heavy atom. The number of rotatable bonds is 6. The number of thiophene rings is 1. The van der Waals surface area contributed by atoms with Crippen molar-refractivity contribution >= 4 is 21.4 Å². The summed E-state index contributed by atoms with van der Waals surface area (Å²) in [4.78, 5) is 0.652. The van der Waals surface area contributed by atoms with E-state index in [4.69, 9.17) is 5.11 Å². The lowest BCUT2D eigenvalue weighted by molar-refractivity contribution is 0.285. The lowest BCUT2D eigenvalue weighted by Gasteiger charge is -2.24. The molecular formula is C11H19NO3S2. The minimum atomic E-state index is -3.47. The second kappa shape index (κ2) is 5.48. The normalized spacial score (nSPS) is 12.9. The highest BCUT2D eigenvalue weighted by Gasteiger charge is 2.26. The van der Waals surface area contributed by atoms with Gasteiger partial charge in [0.1, 0.15) is 4.21 Å². The van der Waals surface area contributed by atoms with Crippen LogP contribution in [0.4, 0.5) is 0 Å². The molecule has 0 aromatic carbocycles. The molecule has 0 unspecified atom stereocenters. The van der Waals surface area contributed by atoms with E-state index in [9.17, 15) is 8.42 Å². The summed E-state index contributed by atoms with van der Waals surface area (Å²) in [6, 6.07) is 3.16. The average molecular weight is 277 g/mol. The van der Waals surface area contributed by atoms with Gasteiger partial charge in [0.2, 0.25) is 0 Å². The molecule has 2 N–H and O–H groups in total. The summed E-state index contributed by atoms with van der Waals surface area (Å²) in [6.07, 6.45) is 1.70. The molecule has 1 heterocycles. The Morgan fingerprint density at radius 3 is 2.53 bits per heavy atom. The molecule has 0 aliphatic heterocycles. The maximum atomic E-state index is 12.1. The predicted octanol–water partition coefficient (Wildman–Crippen LogP) is 2.10. The first-order valence-corrected chi connectivity index (χ1v) is 7.84. The van der Waals surface area contributed by atoms with Crippen LogP contribution in [0, 0.1) is 0 Å². The van der Waals surface area contributed by atoms with Gasteiger partial charge in [0.15, 0.2) is 0 Å². The first-order valence-electron chi connectivity index (χ1n) is 5.54. The molecule has 0 atom stereocenters. The van der Waals surface area contributed by atoms with E-state index in [0.717, 1.165) is 24.2 Å². The monoisotopic (exact) mass is 277 g/mol. The summed E-state index contributed by atoms with van der Waals surface area (Å²) in [5.74, 6) is 0. The van der Waals surface area contributed by atoms with E-state index in [-0.39, 0.29) is 10.8 Å². The number of nitrogens with one attached hydrogen (secondary N) is 1. The van der Waals surface area contributed by atoms with Gasteiger partial charge in [-0.05, 0) is 32.4 Å². The van der Waals surface area contributed by atoms with Crippen molar-refractivity contribution in [2.75, 3.05) is 0 Å². The zero-order chi connectivity index (χ0) is 13.1. The average Bonchev–Trinajstić information content (AvgIpc) is 2.64. The Labute approximate surface area is 107 Å². The standard InChI is InChI=1S/C11H19NO3S2/c1-4-7-11(2,3)12-17(14,15)10-6-5-9(8-13)16-10/h5-6,12-13H,4,7-8H2,1-3H3. The molecule has 4 nitrogen and oxygen atoms in total. The third-order valence-corrected chi connectivity index (χ3v) is 5.60. The summed E-state index contributed by atoms with van der Waals surface area (Å²) >= 11 is 1.10. The Hall–Kier alpha value is -0.430. The lowest BCUT2D eigenvalue weighted by atomic mass is 10.0. The van der Waals surface area contributed by atoms with Crippen LogP contribution in [-0.2, 0) is 16.6 Å². The molecule has 1 rings (SSSR count). The molecule has 0 fully saturated rings. The number of aliphatic hydroxyl groups is 1. The molecular weight excluding hydrogens is 258 g/mol. The third-order valence-electron chi connectivity index (χ3n) is 2.34. The largest absolute Gasteiger partial charge is 0.391 e. The molecule has 0 aliphatic carbocycles. The van der Waals surface area contributed by atoms with E-state index in [1.54, 1.807) is 6.07 Å². The van der Waals surface area contributed by atoms with Gasteiger partial charge in [0.05, 0.1) is 6.61 Å². The van der Waals surface area contributed by atoms with Crippen LogP contribution in [0.3, 0.4) is 0 Å². The maximum absolute atomic E-state index is 12.1. The van der Waals surface area contributed by atoms with Crippen molar-refractivity contribution in [3.8, 4) is 0 Å². The summed E-state index contributed by atoms with van der Waals surface area (Å²) in [7, 11) is -3.47. The van der Waals surface area contributed by atoms with Crippen molar-refractivity contribution in [3.05, 3.63) is 17.0 Å². The topological polar surface area (TPSA) is 66.4 Å². The minimum Gasteiger partial charge on any atom is -0.391 e. The molecule has 17 heavy (non-hydrogen) atoms. The molecule has 1 aromatic rings. The molecule has 0 amide bonds. The number of sulfonamides is 1. The molecule has 0 bridgehead atoms. The zero-order valence-electron chi connectivity index (χ0n) is 10.4. The van der Waals surface area contributed by atoms with Crippen molar-refractivity contribution in [3.63, 3.8) is 0 Å². The van der Waals surface area contributed by atoms with Crippen molar-refractivity contribution in [1.82, 2.24) is 4.72 Å². The highest BCUT2D eigenvalue weighted by Crippen LogP contribution is 2.23. The summed E-state index contributed by atoms with van der Waals surface area (Å²) in [6.45, 7) is 5.63. The highest BCUT2D eigenvalue weighted by atomic mass is 32.2. The van der Waals surface area contributed by atoms with Crippen molar-refractivity contribution in [2.45, 2.75) is 50.0 Å². The number of aliphatic hydroxyl groups excluding tert-OH is 1. The van der Waals surface area contributed by atoms with E-state index in [1.807, 2.05) is 20.8 Å². The fourth-order valence-corrected chi connectivity index (χ4v) is 4.34. The van der Waals surface area contributed by atoms with Gasteiger partial charge in [-0.15, -0.1) is 11.3 Å². The van der Waals surface area contributed by atoms with Crippen LogP contribution in [0.1, 0.15) is 38.5 Å². The van der Waals surface area contributed by atoms with Crippen LogP contribution in [0.5, 0.6) is 0 Å². The van der Waals surface area contributed by atoms with Crippen LogP contribution in [0.2, 0.25) is 0 Å². The van der Waals surface area contributed by atoms with Crippen LogP contribution in [0.15, 0.2) is 16.3 Å². The fourth-order valence-electron chi connectivity index (χ4n) is 1.68. The summed E-state index contributed by atoms with van der Waals surface area (Å²) in [5.41, 5.74) is -0.447. The van der Waals surface area contributed by atoms with E-state index < -0.39 is 15.6 Å². The second-order valence-corrected chi connectivity index (χ2v) is 7.70. The van der Waals surface area contributed by atoms with Gasteiger partial charge in [0, 0.05) is 10.4 Å². The predicted molar refractivity (Wildman–Crippen MR) is 69.6 cm³/mol. The van der Waals surface area contributed by atoms with E-state index in [0.29, 0.717) is 4.88 Å². The SMILES string of the molecule is CCCC(C)(C)NS(=O)(=O)c1ccc(CO)s1. The molecule has 0 radical (unpaired) electrons. The van der Waals surface area contributed by atoms with E-state index in [1.165, 1.54) is 6.07 Å². The molecule has 0 saturated heterocycles. The van der Waals surface area contributed by atoms with E-state index >= 15 is 0 Å². The number of hydrogen-bond acceptors (Lipinski definition) is 4. The van der Waals surface area contributed by atoms with Crippen LogP contribution in [-0.4, -0.2) is 19.1 Å². The van der Waals surface area contributed by atoms with Gasteiger partial charge in [-0.1, -0.05) is 13.3 Å². The van der Waals surface area contributed by atoms with Gasteiger partial charge in [0.25, 0.3) is 10.0 Å². The van der Waals surface area contributed by atoms with Crippen molar-refractivity contribution < 1.29 is 13.5 Å². The summed E-state index contributed by atoms with van der Waals surface area (Å²) < 4.78 is 27.1. The van der Waals surface area contributed by atoms with Gasteiger partial charge < -0.3 is 5.11 Å². The molecule has 6 heteroatoms. The first kappa shape index (κ1) is 14.6. The Morgan fingerprint density at radius 2 is 2.06 bits per heavy atom. The molecule has 0 aliphatic rings.